The molecule has 0 saturated carbocycles. The van der Waals surface area contributed by atoms with Crippen LogP contribution in [-0.2, 0) is 0 Å². The molecule has 0 bridgehead atoms. The van der Waals surface area contributed by atoms with E-state index in [1.54, 1.807) is 0 Å². The zero-order valence-corrected chi connectivity index (χ0v) is 15.3. The molecule has 0 saturated heterocycles. The fourth-order valence-corrected chi connectivity index (χ4v) is 4.27. The molecule has 0 N–H and O–H groups in total. The van der Waals surface area contributed by atoms with Gasteiger partial charge in [-0.05, 0) is 45.8 Å². The maximum atomic E-state index is 15.0. The van der Waals surface area contributed by atoms with Gasteiger partial charge in [0.2, 0.25) is 4.62 Å². The third kappa shape index (κ3) is 2.23. The van der Waals surface area contributed by atoms with Gasteiger partial charge in [-0.2, -0.15) is 0 Å². The van der Waals surface area contributed by atoms with Crippen LogP contribution in [0.1, 0.15) is 11.3 Å². The molecule has 25 heavy (non-hydrogen) atoms. The molecule has 0 spiro atoms. The van der Waals surface area contributed by atoms with E-state index in [-0.39, 0.29) is 31.8 Å². The van der Waals surface area contributed by atoms with Crippen LogP contribution in [0.2, 0.25) is 0 Å². The van der Waals surface area contributed by atoms with E-state index in [1.807, 2.05) is 0 Å². The van der Waals surface area contributed by atoms with Crippen LogP contribution in [0.25, 0.3) is 5.57 Å². The summed E-state index contributed by atoms with van der Waals surface area (Å²) < 4.78 is 72.4. The van der Waals surface area contributed by atoms with Crippen LogP contribution in [0.15, 0.2) is 46.7 Å². The molecule has 10 heteroatoms. The quantitative estimate of drug-likeness (QED) is 0.308. The molecule has 2 aliphatic heterocycles. The van der Waals surface area contributed by atoms with Gasteiger partial charge in [0, 0.05) is 33.8 Å². The lowest BCUT2D eigenvalue weighted by Gasteiger charge is -2.32. The summed E-state index contributed by atoms with van der Waals surface area (Å²) in [5.41, 5.74) is 0.268. The Morgan fingerprint density at radius 3 is 2.24 bits per heavy atom. The highest BCUT2D eigenvalue weighted by molar-refractivity contribution is 9.18. The minimum Gasteiger partial charge on any atom is -0.389 e. The van der Waals surface area contributed by atoms with Gasteiger partial charge in [-0.3, -0.25) is 0 Å². The van der Waals surface area contributed by atoms with Gasteiger partial charge in [-0.1, -0.05) is 0 Å². The Labute approximate surface area is 155 Å². The molecule has 2 aliphatic rings. The molecular weight excluding hydrogens is 474 g/mol. The SMILES string of the molecule is Fc1cc(C2=C3C=CC(Br)=[N+]3[B-](F)(F)n3c(Br)ccc32)cc(F)c1F. The van der Waals surface area contributed by atoms with Crippen molar-refractivity contribution < 1.29 is 26.3 Å². The minimum atomic E-state index is -4.23. The van der Waals surface area contributed by atoms with Crippen molar-refractivity contribution in [1.29, 1.82) is 0 Å². The Bertz CT molecular complexity index is 1020. The molecule has 2 nitrogen and oxygen atoms in total. The van der Waals surface area contributed by atoms with Gasteiger partial charge < -0.3 is 17.6 Å². The average Bonchev–Trinajstić information content (AvgIpc) is 3.10. The Kier molecular flexibility index (Phi) is 3.63. The highest BCUT2D eigenvalue weighted by atomic mass is 79.9. The van der Waals surface area contributed by atoms with E-state index in [0.29, 0.717) is 0 Å². The van der Waals surface area contributed by atoms with Crippen LogP contribution < -0.4 is 0 Å². The first-order valence-electron chi connectivity index (χ1n) is 7.02. The van der Waals surface area contributed by atoms with E-state index in [1.165, 1.54) is 24.3 Å². The number of rotatable bonds is 1. The molecule has 128 valence electrons. The summed E-state index contributed by atoms with van der Waals surface area (Å²) in [6.07, 6.45) is 2.83. The van der Waals surface area contributed by atoms with Crippen molar-refractivity contribution in [2.24, 2.45) is 0 Å². The molecule has 0 unspecified atom stereocenters. The van der Waals surface area contributed by atoms with Crippen LogP contribution in [-0.4, -0.2) is 20.6 Å². The summed E-state index contributed by atoms with van der Waals surface area (Å²) in [6.45, 7) is -4.23. The number of benzene rings is 1. The second kappa shape index (κ2) is 5.41. The number of hydrogen-bond donors (Lipinski definition) is 0. The van der Waals surface area contributed by atoms with E-state index >= 15 is 0 Å². The minimum absolute atomic E-state index is 0.0404. The summed E-state index contributed by atoms with van der Waals surface area (Å²) in [7, 11) is 0. The van der Waals surface area contributed by atoms with E-state index in [0.717, 1.165) is 21.1 Å². The molecule has 4 rings (SSSR count). The highest BCUT2D eigenvalue weighted by Gasteiger charge is 2.54. The normalized spacial score (nSPS) is 18.0. The molecule has 1 aromatic carbocycles. The number of aromatic nitrogens is 1. The predicted octanol–water partition coefficient (Wildman–Crippen LogP) is 5.04. The van der Waals surface area contributed by atoms with Crippen molar-refractivity contribution in [3.8, 4) is 0 Å². The van der Waals surface area contributed by atoms with E-state index in [2.05, 4.69) is 31.9 Å². The largest absolute Gasteiger partial charge is 0.738 e. The van der Waals surface area contributed by atoms with Gasteiger partial charge in [0.1, 0.15) is 0 Å². The average molecular weight is 480 g/mol. The lowest BCUT2D eigenvalue weighted by atomic mass is 9.86. The Morgan fingerprint density at radius 1 is 0.960 bits per heavy atom. The van der Waals surface area contributed by atoms with Crippen molar-refractivity contribution >= 4 is 49.0 Å². The topological polar surface area (TPSA) is 7.94 Å². The summed E-state index contributed by atoms with van der Waals surface area (Å²) in [5.74, 6) is -4.39. The van der Waals surface area contributed by atoms with Gasteiger partial charge in [0.05, 0.1) is 10.2 Å². The second-order valence-corrected chi connectivity index (χ2v) is 7.16. The zero-order chi connectivity index (χ0) is 18.1. The van der Waals surface area contributed by atoms with E-state index in [4.69, 9.17) is 0 Å². The second-order valence-electron chi connectivity index (χ2n) is 5.54. The lowest BCUT2D eigenvalue weighted by molar-refractivity contribution is -0.358. The molecule has 0 amide bonds. The number of fused-ring (bicyclic) bond motifs is 2. The van der Waals surface area contributed by atoms with Crippen molar-refractivity contribution in [1.82, 2.24) is 4.48 Å². The summed E-state index contributed by atoms with van der Waals surface area (Å²) >= 11 is 6.16. The zero-order valence-electron chi connectivity index (χ0n) is 12.1. The standard InChI is InChI=1S/C15H6BBr2F5N2/c17-12-3-1-10-14(7-5-8(19)15(21)9(20)6-7)11-2-4-13(18)25(11)16(22,23)24(10)12/h1-6H. The molecule has 0 fully saturated rings. The van der Waals surface area contributed by atoms with Gasteiger partial charge in [0.25, 0.3) is 0 Å². The van der Waals surface area contributed by atoms with Gasteiger partial charge >= 0.3 is 6.97 Å². The summed E-state index contributed by atoms with van der Waals surface area (Å²) in [6, 6.07) is 4.42. The smallest absolute Gasteiger partial charge is 0.389 e. The Hall–Kier alpha value is -1.68. The predicted molar refractivity (Wildman–Crippen MR) is 91.2 cm³/mol. The van der Waals surface area contributed by atoms with E-state index in [9.17, 15) is 21.8 Å². The van der Waals surface area contributed by atoms with Gasteiger partial charge in [0.15, 0.2) is 23.1 Å². The van der Waals surface area contributed by atoms with Gasteiger partial charge in [-0.25, -0.2) is 13.2 Å². The van der Waals surface area contributed by atoms with Crippen LogP contribution in [0.5, 0.6) is 0 Å². The van der Waals surface area contributed by atoms with Crippen molar-refractivity contribution in [3.05, 3.63) is 75.4 Å². The van der Waals surface area contributed by atoms with Crippen LogP contribution in [0, 0.1) is 17.5 Å². The molecule has 2 aromatic rings. The summed E-state index contributed by atoms with van der Waals surface area (Å²) in [4.78, 5) is 0. The Morgan fingerprint density at radius 2 is 1.60 bits per heavy atom. The van der Waals surface area contributed by atoms with Crippen LogP contribution in [0.4, 0.5) is 21.8 Å². The summed E-state index contributed by atoms with van der Waals surface area (Å²) in [5, 5.41) is 0. The lowest BCUT2D eigenvalue weighted by Crippen LogP contribution is -2.50. The third-order valence-corrected chi connectivity index (χ3v) is 5.44. The first kappa shape index (κ1) is 16.8. The van der Waals surface area contributed by atoms with Crippen molar-refractivity contribution in [2.75, 3.05) is 0 Å². The van der Waals surface area contributed by atoms with Crippen LogP contribution >= 0.6 is 31.9 Å². The highest BCUT2D eigenvalue weighted by Crippen LogP contribution is 2.42. The number of nitrogens with zero attached hydrogens (tertiary/aromatic N) is 2. The molecule has 3 heterocycles. The molecule has 0 aliphatic carbocycles. The van der Waals surface area contributed by atoms with E-state index < -0.39 is 24.4 Å². The molecule has 0 atom stereocenters. The number of hydrogen-bond acceptors (Lipinski definition) is 0. The maximum absolute atomic E-state index is 15.0. The number of allylic oxidation sites excluding steroid dienone is 2. The van der Waals surface area contributed by atoms with Crippen LogP contribution in [0.3, 0.4) is 0 Å². The fraction of sp³-hybridized carbons (Fsp3) is 0. The van der Waals surface area contributed by atoms with Crippen molar-refractivity contribution in [2.45, 2.75) is 0 Å². The molecular formula is C15H6BBr2F5N2. The monoisotopic (exact) mass is 478 g/mol. The third-order valence-electron chi connectivity index (χ3n) is 4.14. The Balaban J connectivity index is 2.11. The number of halogens is 7. The maximum Gasteiger partial charge on any atom is 0.738 e. The molecule has 1 aromatic heterocycles. The molecule has 0 radical (unpaired) electrons. The first-order chi connectivity index (χ1) is 11.7. The van der Waals surface area contributed by atoms with Gasteiger partial charge in [-0.15, -0.1) is 0 Å². The fourth-order valence-electron chi connectivity index (χ4n) is 3.13. The van der Waals surface area contributed by atoms with Crippen molar-refractivity contribution in [3.63, 3.8) is 0 Å². The first-order valence-corrected chi connectivity index (χ1v) is 8.60.